The highest BCUT2D eigenvalue weighted by atomic mass is 32.2. The normalized spacial score (nSPS) is 17.6. The number of hydrogen-bond acceptors (Lipinski definition) is 4. The first-order valence-electron chi connectivity index (χ1n) is 10.5. The number of aryl methyl sites for hydroxylation is 2. The second-order valence-corrected chi connectivity index (χ2v) is 11.8. The van der Waals surface area contributed by atoms with Crippen LogP contribution in [-0.2, 0) is 26.6 Å². The predicted octanol–water partition coefficient (Wildman–Crippen LogP) is 2.87. The molecule has 0 fully saturated rings. The van der Waals surface area contributed by atoms with Crippen LogP contribution in [0.25, 0.3) is 0 Å². The smallest absolute Gasteiger partial charge is 0.243 e. The van der Waals surface area contributed by atoms with Crippen LogP contribution in [0.4, 0.5) is 0 Å². The van der Waals surface area contributed by atoms with E-state index in [1.54, 1.807) is 49.4 Å². The zero-order valence-electron chi connectivity index (χ0n) is 18.1. The quantitative estimate of drug-likeness (QED) is 0.596. The van der Waals surface area contributed by atoms with Gasteiger partial charge >= 0.3 is 0 Å². The van der Waals surface area contributed by atoms with Gasteiger partial charge in [0.05, 0.1) is 9.79 Å². The maximum absolute atomic E-state index is 13.4. The fourth-order valence-corrected chi connectivity index (χ4v) is 6.82. The Bertz CT molecular complexity index is 1310. The first-order valence-corrected chi connectivity index (χ1v) is 13.4. The molecule has 2 aromatic carbocycles. The molecule has 32 heavy (non-hydrogen) atoms. The number of nitrogens with zero attached hydrogens (tertiary/aromatic N) is 2. The van der Waals surface area contributed by atoms with E-state index in [-0.39, 0.29) is 28.8 Å². The Kier molecular flexibility index (Phi) is 6.26. The monoisotopic (exact) mass is 473 g/mol. The first kappa shape index (κ1) is 22.7. The summed E-state index contributed by atoms with van der Waals surface area (Å²) >= 11 is 0. The maximum atomic E-state index is 13.4. The fourth-order valence-electron chi connectivity index (χ4n) is 4.03. The van der Waals surface area contributed by atoms with Crippen molar-refractivity contribution in [3.8, 4) is 0 Å². The standard InChI is InChI=1S/C23H27N3O4S2/c1-18-9-11-21(12-10-18)31(27,28)24-16-20-17-26(15-14-25-13-5-7-22(20)25)32(29,30)23-8-4-3-6-19(23)2/h3-13,20,24H,14-17H2,1-2H3. The Morgan fingerprint density at radius 2 is 1.62 bits per heavy atom. The number of aromatic nitrogens is 1. The van der Waals surface area contributed by atoms with Crippen molar-refractivity contribution in [3.05, 3.63) is 83.7 Å². The average Bonchev–Trinajstić information content (AvgIpc) is 3.14. The SMILES string of the molecule is Cc1ccc(S(=O)(=O)NCC2CN(S(=O)(=O)c3ccccc3C)CCn3cccc32)cc1. The van der Waals surface area contributed by atoms with Gasteiger partial charge in [0.1, 0.15) is 0 Å². The van der Waals surface area contributed by atoms with Gasteiger partial charge in [-0.3, -0.25) is 0 Å². The lowest BCUT2D eigenvalue weighted by Crippen LogP contribution is -2.38. The minimum Gasteiger partial charge on any atom is -0.350 e. The highest BCUT2D eigenvalue weighted by Gasteiger charge is 2.32. The Hall–Kier alpha value is -2.46. The van der Waals surface area contributed by atoms with Crippen molar-refractivity contribution < 1.29 is 16.8 Å². The van der Waals surface area contributed by atoms with Crippen molar-refractivity contribution in [1.29, 1.82) is 0 Å². The zero-order valence-corrected chi connectivity index (χ0v) is 19.7. The number of rotatable bonds is 6. The van der Waals surface area contributed by atoms with Gasteiger partial charge in [-0.05, 0) is 49.7 Å². The molecular weight excluding hydrogens is 446 g/mol. The Morgan fingerprint density at radius 3 is 2.34 bits per heavy atom. The lowest BCUT2D eigenvalue weighted by Gasteiger charge is -2.24. The molecule has 1 unspecified atom stereocenters. The van der Waals surface area contributed by atoms with Crippen LogP contribution in [-0.4, -0.2) is 45.3 Å². The van der Waals surface area contributed by atoms with Crippen molar-refractivity contribution in [2.24, 2.45) is 0 Å². The second-order valence-electron chi connectivity index (χ2n) is 8.12. The van der Waals surface area contributed by atoms with E-state index in [4.69, 9.17) is 0 Å². The van der Waals surface area contributed by atoms with E-state index >= 15 is 0 Å². The van der Waals surface area contributed by atoms with Gasteiger partial charge in [0, 0.05) is 44.0 Å². The van der Waals surface area contributed by atoms with Crippen LogP contribution < -0.4 is 4.72 Å². The molecule has 1 aliphatic heterocycles. The molecule has 0 saturated heterocycles. The third-order valence-electron chi connectivity index (χ3n) is 5.86. The minimum atomic E-state index is -3.71. The molecule has 1 N–H and O–H groups in total. The number of fused-ring (bicyclic) bond motifs is 1. The molecule has 0 radical (unpaired) electrons. The molecule has 3 aromatic rings. The van der Waals surface area contributed by atoms with Gasteiger partial charge in [0.15, 0.2) is 0 Å². The molecule has 7 nitrogen and oxygen atoms in total. The molecule has 9 heteroatoms. The number of sulfonamides is 2. The van der Waals surface area contributed by atoms with Crippen LogP contribution in [0.2, 0.25) is 0 Å². The summed E-state index contributed by atoms with van der Waals surface area (Å²) in [5.74, 6) is -0.327. The van der Waals surface area contributed by atoms with Gasteiger partial charge in [0.2, 0.25) is 20.0 Å². The lowest BCUT2D eigenvalue weighted by molar-refractivity contribution is 0.392. The number of hydrogen-bond donors (Lipinski definition) is 1. The number of nitrogens with one attached hydrogen (secondary N) is 1. The van der Waals surface area contributed by atoms with Gasteiger partial charge in [-0.15, -0.1) is 0 Å². The molecule has 1 aromatic heterocycles. The summed E-state index contributed by atoms with van der Waals surface area (Å²) in [6.45, 7) is 4.79. The topological polar surface area (TPSA) is 88.5 Å². The fraction of sp³-hybridized carbons (Fsp3) is 0.304. The highest BCUT2D eigenvalue weighted by molar-refractivity contribution is 7.89. The van der Waals surface area contributed by atoms with Gasteiger partial charge in [0.25, 0.3) is 0 Å². The molecule has 4 rings (SSSR count). The van der Waals surface area contributed by atoms with Crippen LogP contribution in [0.5, 0.6) is 0 Å². The summed E-state index contributed by atoms with van der Waals surface area (Å²) in [5.41, 5.74) is 2.58. The minimum absolute atomic E-state index is 0.0972. The summed E-state index contributed by atoms with van der Waals surface area (Å²) in [7, 11) is -7.43. The third-order valence-corrected chi connectivity index (χ3v) is 9.32. The summed E-state index contributed by atoms with van der Waals surface area (Å²) in [5, 5.41) is 0. The van der Waals surface area contributed by atoms with Crippen LogP contribution in [0.15, 0.2) is 76.7 Å². The van der Waals surface area contributed by atoms with Crippen LogP contribution >= 0.6 is 0 Å². The zero-order chi connectivity index (χ0) is 22.9. The third kappa shape index (κ3) is 4.52. The van der Waals surface area contributed by atoms with Gasteiger partial charge in [-0.1, -0.05) is 35.9 Å². The molecule has 0 amide bonds. The van der Waals surface area contributed by atoms with Gasteiger partial charge < -0.3 is 4.57 Å². The van der Waals surface area contributed by atoms with E-state index in [2.05, 4.69) is 4.72 Å². The molecule has 1 aliphatic rings. The largest absolute Gasteiger partial charge is 0.350 e. The van der Waals surface area contributed by atoms with E-state index in [9.17, 15) is 16.8 Å². The van der Waals surface area contributed by atoms with Crippen LogP contribution in [0.1, 0.15) is 22.7 Å². The average molecular weight is 474 g/mol. The van der Waals surface area contributed by atoms with Crippen molar-refractivity contribution in [2.75, 3.05) is 19.6 Å². The molecule has 1 atom stereocenters. The molecule has 0 bridgehead atoms. The Labute approximate surface area is 189 Å². The van der Waals surface area contributed by atoms with Crippen molar-refractivity contribution in [2.45, 2.75) is 36.1 Å². The molecule has 0 aliphatic carbocycles. The van der Waals surface area contributed by atoms with E-state index in [0.717, 1.165) is 11.3 Å². The van der Waals surface area contributed by atoms with Crippen LogP contribution in [0.3, 0.4) is 0 Å². The molecule has 0 spiro atoms. The van der Waals surface area contributed by atoms with E-state index in [0.29, 0.717) is 18.7 Å². The van der Waals surface area contributed by atoms with E-state index in [1.165, 1.54) is 4.31 Å². The first-order chi connectivity index (χ1) is 15.2. The highest BCUT2D eigenvalue weighted by Crippen LogP contribution is 2.27. The Morgan fingerprint density at radius 1 is 0.906 bits per heavy atom. The number of benzene rings is 2. The molecule has 0 saturated carbocycles. The predicted molar refractivity (Wildman–Crippen MR) is 123 cm³/mol. The van der Waals surface area contributed by atoms with Crippen molar-refractivity contribution in [1.82, 2.24) is 13.6 Å². The van der Waals surface area contributed by atoms with E-state index in [1.807, 2.05) is 35.9 Å². The molecule has 2 heterocycles. The van der Waals surface area contributed by atoms with E-state index < -0.39 is 20.0 Å². The van der Waals surface area contributed by atoms with Crippen molar-refractivity contribution in [3.63, 3.8) is 0 Å². The summed E-state index contributed by atoms with van der Waals surface area (Å²) in [6.07, 6.45) is 1.90. The molecule has 170 valence electrons. The van der Waals surface area contributed by atoms with Gasteiger partial charge in [-0.2, -0.15) is 4.31 Å². The lowest BCUT2D eigenvalue weighted by atomic mass is 10.1. The summed E-state index contributed by atoms with van der Waals surface area (Å²) in [6, 6.07) is 17.4. The van der Waals surface area contributed by atoms with Crippen LogP contribution in [0, 0.1) is 13.8 Å². The summed E-state index contributed by atoms with van der Waals surface area (Å²) < 4.78 is 58.6. The second kappa shape index (κ2) is 8.82. The summed E-state index contributed by atoms with van der Waals surface area (Å²) in [4.78, 5) is 0.474. The van der Waals surface area contributed by atoms with Gasteiger partial charge in [-0.25, -0.2) is 21.6 Å². The molecular formula is C23H27N3O4S2. The van der Waals surface area contributed by atoms with Crippen molar-refractivity contribution >= 4 is 20.0 Å². The maximum Gasteiger partial charge on any atom is 0.243 e. The Balaban J connectivity index is 1.60.